The van der Waals surface area contributed by atoms with Gasteiger partial charge in [-0.25, -0.2) is 12.7 Å². The Morgan fingerprint density at radius 3 is 2.16 bits per heavy atom. The topological polar surface area (TPSA) is 49.4 Å². The number of hydrogen-bond acceptors (Lipinski definition) is 3. The van der Waals surface area contributed by atoms with Crippen molar-refractivity contribution in [2.45, 2.75) is 38.5 Å². The quantitative estimate of drug-likeness (QED) is 0.874. The van der Waals surface area contributed by atoms with E-state index < -0.39 is 10.0 Å². The average molecular weight is 284 g/mol. The molecule has 0 unspecified atom stereocenters. The molecule has 0 bridgehead atoms. The van der Waals surface area contributed by atoms with Gasteiger partial charge in [0.05, 0.1) is 4.90 Å². The molecule has 0 aliphatic carbocycles. The molecule has 0 amide bonds. The summed E-state index contributed by atoms with van der Waals surface area (Å²) >= 11 is 0. The molecule has 1 N–H and O–H groups in total. The third-order valence-electron chi connectivity index (χ3n) is 3.24. The zero-order valence-electron chi connectivity index (χ0n) is 12.4. The van der Waals surface area contributed by atoms with E-state index in [2.05, 4.69) is 12.2 Å². The molecule has 19 heavy (non-hydrogen) atoms. The van der Waals surface area contributed by atoms with Crippen molar-refractivity contribution in [2.24, 2.45) is 0 Å². The van der Waals surface area contributed by atoms with Crippen LogP contribution in [0.1, 0.15) is 30.9 Å². The lowest BCUT2D eigenvalue weighted by atomic mass is 10.1. The summed E-state index contributed by atoms with van der Waals surface area (Å²) in [6.45, 7) is 6.30. The van der Waals surface area contributed by atoms with Crippen LogP contribution in [0.15, 0.2) is 17.0 Å². The highest BCUT2D eigenvalue weighted by atomic mass is 32.2. The van der Waals surface area contributed by atoms with Gasteiger partial charge in [-0.1, -0.05) is 13.3 Å². The number of hydrogen-bond donors (Lipinski definition) is 1. The van der Waals surface area contributed by atoms with Crippen LogP contribution < -0.4 is 5.32 Å². The molecule has 1 aromatic carbocycles. The minimum Gasteiger partial charge on any atom is -0.388 e. The van der Waals surface area contributed by atoms with Crippen molar-refractivity contribution >= 4 is 15.7 Å². The van der Waals surface area contributed by atoms with Gasteiger partial charge in [0.1, 0.15) is 0 Å². The van der Waals surface area contributed by atoms with Crippen LogP contribution in [-0.4, -0.2) is 33.4 Å². The van der Waals surface area contributed by atoms with Gasteiger partial charge in [-0.2, -0.15) is 0 Å². The van der Waals surface area contributed by atoms with Crippen molar-refractivity contribution < 1.29 is 8.42 Å². The zero-order valence-corrected chi connectivity index (χ0v) is 13.3. The highest BCUT2D eigenvalue weighted by Gasteiger charge is 2.24. The van der Waals surface area contributed by atoms with E-state index >= 15 is 0 Å². The van der Waals surface area contributed by atoms with Gasteiger partial charge in [-0.15, -0.1) is 0 Å². The highest BCUT2D eigenvalue weighted by Crippen LogP contribution is 2.26. The molecule has 5 heteroatoms. The molecule has 0 spiro atoms. The van der Waals surface area contributed by atoms with E-state index in [4.69, 9.17) is 0 Å². The fourth-order valence-corrected chi connectivity index (χ4v) is 3.77. The number of rotatable bonds is 6. The molecule has 0 fully saturated rings. The second-order valence-electron chi connectivity index (χ2n) is 4.87. The maximum atomic E-state index is 12.6. The Hall–Kier alpha value is -1.07. The van der Waals surface area contributed by atoms with Crippen LogP contribution in [0.25, 0.3) is 0 Å². The Labute approximate surface area is 116 Å². The van der Waals surface area contributed by atoms with Gasteiger partial charge in [0.25, 0.3) is 0 Å². The second kappa shape index (κ2) is 6.39. The van der Waals surface area contributed by atoms with Crippen LogP contribution in [0.5, 0.6) is 0 Å². The number of sulfonamides is 1. The Morgan fingerprint density at radius 1 is 1.21 bits per heavy atom. The summed E-state index contributed by atoms with van der Waals surface area (Å²) in [4.78, 5) is 0.435. The van der Waals surface area contributed by atoms with Crippen molar-refractivity contribution in [3.05, 3.63) is 23.3 Å². The lowest BCUT2D eigenvalue weighted by Gasteiger charge is -2.20. The Balaban J connectivity index is 3.22. The molecule has 0 heterocycles. The summed E-state index contributed by atoms with van der Waals surface area (Å²) in [5.74, 6) is 0. The Morgan fingerprint density at radius 2 is 1.74 bits per heavy atom. The summed E-state index contributed by atoms with van der Waals surface area (Å²) in [6, 6.07) is 3.74. The normalized spacial score (nSPS) is 11.9. The van der Waals surface area contributed by atoms with E-state index in [1.807, 2.05) is 33.0 Å². The summed E-state index contributed by atoms with van der Waals surface area (Å²) in [5, 5.41) is 3.04. The SMILES string of the molecule is CCCCN(C)S(=O)(=O)c1c(C)cc(NC)cc1C. The highest BCUT2D eigenvalue weighted by molar-refractivity contribution is 7.89. The summed E-state index contributed by atoms with van der Waals surface area (Å²) in [7, 11) is 0.0858. The van der Waals surface area contributed by atoms with Crippen LogP contribution in [-0.2, 0) is 10.0 Å². The summed E-state index contributed by atoms with van der Waals surface area (Å²) < 4.78 is 26.6. The number of nitrogens with one attached hydrogen (secondary N) is 1. The number of aryl methyl sites for hydroxylation is 2. The average Bonchev–Trinajstić information content (AvgIpc) is 2.34. The first-order valence-corrected chi connectivity index (χ1v) is 8.04. The van der Waals surface area contributed by atoms with Gasteiger partial charge < -0.3 is 5.32 Å². The number of anilines is 1. The lowest BCUT2D eigenvalue weighted by molar-refractivity contribution is 0.458. The van der Waals surface area contributed by atoms with E-state index in [0.717, 1.165) is 29.7 Å². The first kappa shape index (κ1) is 16.0. The predicted octanol–water partition coefficient (Wildman–Crippen LogP) is 2.77. The maximum Gasteiger partial charge on any atom is 0.243 e. The minimum absolute atomic E-state index is 0.435. The zero-order chi connectivity index (χ0) is 14.6. The number of unbranched alkanes of at least 4 members (excludes halogenated alkanes) is 1. The molecule has 0 aliphatic rings. The molecule has 0 saturated carbocycles. The van der Waals surface area contributed by atoms with Gasteiger partial charge in [0.2, 0.25) is 10.0 Å². The number of nitrogens with zero attached hydrogens (tertiary/aromatic N) is 1. The first-order valence-electron chi connectivity index (χ1n) is 6.60. The lowest BCUT2D eigenvalue weighted by Crippen LogP contribution is -2.29. The van der Waals surface area contributed by atoms with E-state index in [-0.39, 0.29) is 0 Å². The molecule has 1 rings (SSSR count). The molecular weight excluding hydrogens is 260 g/mol. The van der Waals surface area contributed by atoms with Gasteiger partial charge >= 0.3 is 0 Å². The van der Waals surface area contributed by atoms with Crippen LogP contribution in [0.3, 0.4) is 0 Å². The van der Waals surface area contributed by atoms with Crippen molar-refractivity contribution in [2.75, 3.05) is 26.0 Å². The largest absolute Gasteiger partial charge is 0.388 e. The standard InChI is InChI=1S/C14H24N2O2S/c1-6-7-8-16(5)19(17,18)14-11(2)9-13(15-4)10-12(14)3/h9-10,15H,6-8H2,1-5H3. The summed E-state index contributed by atoms with van der Waals surface area (Å²) in [5.41, 5.74) is 2.51. The third kappa shape index (κ3) is 3.48. The van der Waals surface area contributed by atoms with E-state index in [9.17, 15) is 8.42 Å². The number of benzene rings is 1. The predicted molar refractivity (Wildman–Crippen MR) is 80.2 cm³/mol. The molecule has 4 nitrogen and oxygen atoms in total. The smallest absolute Gasteiger partial charge is 0.243 e. The van der Waals surface area contributed by atoms with E-state index in [1.54, 1.807) is 7.05 Å². The molecule has 0 atom stereocenters. The van der Waals surface area contributed by atoms with Gasteiger partial charge in [-0.05, 0) is 43.5 Å². The van der Waals surface area contributed by atoms with Gasteiger partial charge in [0, 0.05) is 26.3 Å². The van der Waals surface area contributed by atoms with E-state index in [0.29, 0.717) is 11.4 Å². The molecule has 0 aliphatic heterocycles. The first-order chi connectivity index (χ1) is 8.84. The molecule has 0 radical (unpaired) electrons. The maximum absolute atomic E-state index is 12.6. The van der Waals surface area contributed by atoms with Crippen molar-refractivity contribution in [3.63, 3.8) is 0 Å². The molecule has 0 aromatic heterocycles. The van der Waals surface area contributed by atoms with Gasteiger partial charge in [-0.3, -0.25) is 0 Å². The summed E-state index contributed by atoms with van der Waals surface area (Å²) in [6.07, 6.45) is 1.86. The molecular formula is C14H24N2O2S. The second-order valence-corrected chi connectivity index (χ2v) is 6.85. The third-order valence-corrected chi connectivity index (χ3v) is 5.41. The van der Waals surface area contributed by atoms with Crippen molar-refractivity contribution in [3.8, 4) is 0 Å². The van der Waals surface area contributed by atoms with Crippen LogP contribution in [0.2, 0.25) is 0 Å². The van der Waals surface area contributed by atoms with E-state index in [1.165, 1.54) is 4.31 Å². The fraction of sp³-hybridized carbons (Fsp3) is 0.571. The van der Waals surface area contributed by atoms with Crippen molar-refractivity contribution in [1.29, 1.82) is 0 Å². The monoisotopic (exact) mass is 284 g/mol. The van der Waals surface area contributed by atoms with Crippen LogP contribution in [0.4, 0.5) is 5.69 Å². The van der Waals surface area contributed by atoms with Crippen LogP contribution >= 0.6 is 0 Å². The van der Waals surface area contributed by atoms with Gasteiger partial charge in [0.15, 0.2) is 0 Å². The Bertz CT molecular complexity index is 515. The Kier molecular flexibility index (Phi) is 5.38. The molecule has 0 saturated heterocycles. The van der Waals surface area contributed by atoms with Crippen molar-refractivity contribution in [1.82, 2.24) is 4.31 Å². The minimum atomic E-state index is -3.39. The molecule has 1 aromatic rings. The van der Waals surface area contributed by atoms with Crippen LogP contribution in [0, 0.1) is 13.8 Å². The fourth-order valence-electron chi connectivity index (χ4n) is 2.16. The molecule has 108 valence electrons.